The van der Waals surface area contributed by atoms with Crippen molar-refractivity contribution in [3.05, 3.63) is 12.4 Å². The second-order valence-corrected chi connectivity index (χ2v) is 3.17. The summed E-state index contributed by atoms with van der Waals surface area (Å²) in [5, 5.41) is 8.66. The van der Waals surface area contributed by atoms with Crippen LogP contribution in [0.4, 0.5) is 11.6 Å². The molecule has 0 unspecified atom stereocenters. The van der Waals surface area contributed by atoms with Gasteiger partial charge >= 0.3 is 0 Å². The SMILES string of the molecule is CCNc1cncc(NCCC(=O)NC)n1. The van der Waals surface area contributed by atoms with Crippen molar-refractivity contribution in [3.8, 4) is 0 Å². The summed E-state index contributed by atoms with van der Waals surface area (Å²) in [5.74, 6) is 1.40. The first-order chi connectivity index (χ1) is 7.76. The van der Waals surface area contributed by atoms with E-state index in [2.05, 4.69) is 25.9 Å². The Bertz CT molecular complexity index is 342. The molecule has 0 saturated heterocycles. The van der Waals surface area contributed by atoms with Crippen molar-refractivity contribution >= 4 is 17.5 Å². The van der Waals surface area contributed by atoms with Crippen LogP contribution < -0.4 is 16.0 Å². The van der Waals surface area contributed by atoms with Crippen LogP contribution in [0.15, 0.2) is 12.4 Å². The fraction of sp³-hybridized carbons (Fsp3) is 0.500. The first-order valence-corrected chi connectivity index (χ1v) is 5.26. The lowest BCUT2D eigenvalue weighted by Crippen LogP contribution is -2.21. The highest BCUT2D eigenvalue weighted by Gasteiger charge is 1.99. The van der Waals surface area contributed by atoms with E-state index >= 15 is 0 Å². The number of amides is 1. The van der Waals surface area contributed by atoms with E-state index in [9.17, 15) is 4.79 Å². The van der Waals surface area contributed by atoms with Crippen molar-refractivity contribution in [3.63, 3.8) is 0 Å². The summed E-state index contributed by atoms with van der Waals surface area (Å²) in [6.07, 6.45) is 3.71. The molecule has 0 fully saturated rings. The Morgan fingerprint density at radius 3 is 2.62 bits per heavy atom. The molecule has 6 nitrogen and oxygen atoms in total. The molecule has 0 atom stereocenters. The van der Waals surface area contributed by atoms with Gasteiger partial charge in [0.1, 0.15) is 11.6 Å². The Balaban J connectivity index is 2.41. The molecule has 6 heteroatoms. The third-order valence-corrected chi connectivity index (χ3v) is 1.93. The zero-order valence-corrected chi connectivity index (χ0v) is 9.58. The molecule has 1 aromatic heterocycles. The molecular weight excluding hydrogens is 206 g/mol. The first kappa shape index (κ1) is 12.2. The number of carbonyl (C=O) groups is 1. The number of anilines is 2. The lowest BCUT2D eigenvalue weighted by molar-refractivity contribution is -0.120. The van der Waals surface area contributed by atoms with E-state index in [0.29, 0.717) is 18.8 Å². The molecule has 0 radical (unpaired) electrons. The Morgan fingerprint density at radius 1 is 1.31 bits per heavy atom. The molecule has 0 aliphatic heterocycles. The van der Waals surface area contributed by atoms with Crippen molar-refractivity contribution in [2.24, 2.45) is 0 Å². The van der Waals surface area contributed by atoms with Crippen molar-refractivity contribution in [1.29, 1.82) is 0 Å². The van der Waals surface area contributed by atoms with Crippen LogP contribution in [0.5, 0.6) is 0 Å². The van der Waals surface area contributed by atoms with Gasteiger partial charge in [-0.2, -0.15) is 0 Å². The van der Waals surface area contributed by atoms with Gasteiger partial charge in [-0.05, 0) is 6.92 Å². The van der Waals surface area contributed by atoms with Crippen molar-refractivity contribution < 1.29 is 4.79 Å². The maximum absolute atomic E-state index is 11.0. The molecular formula is C10H17N5O. The van der Waals surface area contributed by atoms with E-state index in [-0.39, 0.29) is 5.91 Å². The molecule has 0 saturated carbocycles. The van der Waals surface area contributed by atoms with Crippen LogP contribution in [0, 0.1) is 0 Å². The smallest absolute Gasteiger partial charge is 0.221 e. The third-order valence-electron chi connectivity index (χ3n) is 1.93. The van der Waals surface area contributed by atoms with Gasteiger partial charge in [-0.15, -0.1) is 0 Å². The van der Waals surface area contributed by atoms with Crippen molar-refractivity contribution in [2.45, 2.75) is 13.3 Å². The summed E-state index contributed by atoms with van der Waals surface area (Å²) in [5.41, 5.74) is 0. The molecule has 3 N–H and O–H groups in total. The molecule has 1 amide bonds. The largest absolute Gasteiger partial charge is 0.369 e. The Kier molecular flexibility index (Phi) is 5.04. The summed E-state index contributed by atoms with van der Waals surface area (Å²) in [4.78, 5) is 19.3. The predicted octanol–water partition coefficient (Wildman–Crippen LogP) is 0.456. The molecule has 0 aromatic carbocycles. The number of nitrogens with one attached hydrogen (secondary N) is 3. The minimum Gasteiger partial charge on any atom is -0.369 e. The van der Waals surface area contributed by atoms with Crippen molar-refractivity contribution in [2.75, 3.05) is 30.8 Å². The highest BCUT2D eigenvalue weighted by molar-refractivity contribution is 5.76. The summed E-state index contributed by atoms with van der Waals surface area (Å²) < 4.78 is 0. The normalized spacial score (nSPS) is 9.62. The minimum absolute atomic E-state index is 0.00305. The van der Waals surface area contributed by atoms with Gasteiger partial charge in [0.15, 0.2) is 0 Å². The molecule has 0 aliphatic carbocycles. The lowest BCUT2D eigenvalue weighted by Gasteiger charge is -2.06. The Labute approximate surface area is 94.9 Å². The van der Waals surface area contributed by atoms with Gasteiger partial charge in [0.25, 0.3) is 0 Å². The number of hydrogen-bond donors (Lipinski definition) is 3. The van der Waals surface area contributed by atoms with E-state index in [4.69, 9.17) is 0 Å². The second-order valence-electron chi connectivity index (χ2n) is 3.17. The van der Waals surface area contributed by atoms with E-state index in [1.807, 2.05) is 6.92 Å². The van der Waals surface area contributed by atoms with Crippen molar-refractivity contribution in [1.82, 2.24) is 15.3 Å². The fourth-order valence-electron chi connectivity index (χ4n) is 1.15. The van der Waals surface area contributed by atoms with Gasteiger partial charge < -0.3 is 16.0 Å². The van der Waals surface area contributed by atoms with Crippen LogP contribution in [0.1, 0.15) is 13.3 Å². The summed E-state index contributed by atoms with van der Waals surface area (Å²) in [6.45, 7) is 3.34. The predicted molar refractivity (Wildman–Crippen MR) is 63.4 cm³/mol. The Hall–Kier alpha value is -1.85. The van der Waals surface area contributed by atoms with Gasteiger partial charge in [-0.1, -0.05) is 0 Å². The minimum atomic E-state index is 0.00305. The average molecular weight is 223 g/mol. The molecule has 1 aromatic rings. The average Bonchev–Trinajstić information content (AvgIpc) is 2.30. The van der Waals surface area contributed by atoms with Crippen LogP contribution >= 0.6 is 0 Å². The number of hydrogen-bond acceptors (Lipinski definition) is 5. The number of aromatic nitrogens is 2. The van der Waals surface area contributed by atoms with Gasteiger partial charge in [-0.25, -0.2) is 4.98 Å². The van der Waals surface area contributed by atoms with Gasteiger partial charge in [-0.3, -0.25) is 9.78 Å². The van der Waals surface area contributed by atoms with Gasteiger partial charge in [0.05, 0.1) is 12.4 Å². The number of rotatable bonds is 6. The maximum atomic E-state index is 11.0. The molecule has 0 spiro atoms. The zero-order chi connectivity index (χ0) is 11.8. The van der Waals surface area contributed by atoms with Crippen LogP contribution in [0.3, 0.4) is 0 Å². The summed E-state index contributed by atoms with van der Waals surface area (Å²) in [7, 11) is 1.62. The third kappa shape index (κ3) is 4.12. The first-order valence-electron chi connectivity index (χ1n) is 5.26. The highest BCUT2D eigenvalue weighted by Crippen LogP contribution is 2.05. The standard InChI is InChI=1S/C10H17N5O/c1-3-13-8-6-12-7-9(15-8)14-5-4-10(16)11-2/h6-7H,3-5H2,1-2H3,(H,11,16)(H2,13,14,15). The summed E-state index contributed by atoms with van der Waals surface area (Å²) in [6, 6.07) is 0. The second kappa shape index (κ2) is 6.60. The highest BCUT2D eigenvalue weighted by atomic mass is 16.1. The molecule has 88 valence electrons. The van der Waals surface area contributed by atoms with E-state index < -0.39 is 0 Å². The summed E-state index contributed by atoms with van der Waals surface area (Å²) >= 11 is 0. The van der Waals surface area contributed by atoms with Gasteiger partial charge in [0.2, 0.25) is 5.91 Å². The molecule has 1 rings (SSSR count). The van der Waals surface area contributed by atoms with E-state index in [1.54, 1.807) is 19.4 Å². The molecule has 16 heavy (non-hydrogen) atoms. The Morgan fingerprint density at radius 2 is 2.00 bits per heavy atom. The molecule has 1 heterocycles. The van der Waals surface area contributed by atoms with Crippen LogP contribution in [-0.2, 0) is 4.79 Å². The van der Waals surface area contributed by atoms with Crippen LogP contribution in [0.25, 0.3) is 0 Å². The van der Waals surface area contributed by atoms with Gasteiger partial charge in [0, 0.05) is 26.6 Å². The van der Waals surface area contributed by atoms with E-state index in [1.165, 1.54) is 0 Å². The fourth-order valence-corrected chi connectivity index (χ4v) is 1.15. The molecule has 0 aliphatic rings. The zero-order valence-electron chi connectivity index (χ0n) is 9.58. The van der Waals surface area contributed by atoms with Crippen LogP contribution in [-0.4, -0.2) is 36.0 Å². The molecule has 0 bridgehead atoms. The van der Waals surface area contributed by atoms with Crippen LogP contribution in [0.2, 0.25) is 0 Å². The number of carbonyl (C=O) groups excluding carboxylic acids is 1. The lowest BCUT2D eigenvalue weighted by atomic mass is 10.4. The number of nitrogens with zero attached hydrogens (tertiary/aromatic N) is 2. The monoisotopic (exact) mass is 223 g/mol. The maximum Gasteiger partial charge on any atom is 0.221 e. The quantitative estimate of drug-likeness (QED) is 0.653. The van der Waals surface area contributed by atoms with E-state index in [0.717, 1.165) is 12.4 Å². The topological polar surface area (TPSA) is 78.9 Å².